The number of halogens is 1. The fourth-order valence-electron chi connectivity index (χ4n) is 2.78. The van der Waals surface area contributed by atoms with Gasteiger partial charge in [-0.2, -0.15) is 11.8 Å². The lowest BCUT2D eigenvalue weighted by molar-refractivity contribution is -0.116. The second-order valence-electron chi connectivity index (χ2n) is 6.19. The van der Waals surface area contributed by atoms with E-state index >= 15 is 0 Å². The van der Waals surface area contributed by atoms with Crippen LogP contribution in [0.2, 0.25) is 5.02 Å². The molecular formula is C20H23ClN2O2S. The molecular weight excluding hydrogens is 368 g/mol. The second-order valence-corrected chi connectivity index (χ2v) is 7.85. The first kappa shape index (κ1) is 19.1. The Kier molecular flexibility index (Phi) is 7.23. The summed E-state index contributed by atoms with van der Waals surface area (Å²) in [7, 11) is 0. The van der Waals surface area contributed by atoms with Gasteiger partial charge in [0.15, 0.2) is 0 Å². The molecule has 0 aromatic heterocycles. The van der Waals surface area contributed by atoms with Gasteiger partial charge in [-0.1, -0.05) is 23.7 Å². The van der Waals surface area contributed by atoms with Crippen LogP contribution in [-0.4, -0.2) is 42.0 Å². The number of hydrogen-bond acceptors (Lipinski definition) is 4. The van der Waals surface area contributed by atoms with Gasteiger partial charge in [-0.3, -0.25) is 9.69 Å². The maximum atomic E-state index is 12.1. The molecule has 1 aliphatic heterocycles. The van der Waals surface area contributed by atoms with Crippen LogP contribution in [0.15, 0.2) is 48.5 Å². The van der Waals surface area contributed by atoms with E-state index in [9.17, 15) is 4.79 Å². The zero-order valence-electron chi connectivity index (χ0n) is 14.6. The number of nitrogens with one attached hydrogen (secondary N) is 1. The van der Waals surface area contributed by atoms with Crippen LogP contribution >= 0.6 is 23.4 Å². The molecule has 0 atom stereocenters. The van der Waals surface area contributed by atoms with E-state index in [1.165, 1.54) is 17.1 Å². The lowest BCUT2D eigenvalue weighted by Crippen LogP contribution is -2.31. The molecule has 6 heteroatoms. The summed E-state index contributed by atoms with van der Waals surface area (Å²) >= 11 is 7.85. The Morgan fingerprint density at radius 3 is 2.69 bits per heavy atom. The Hall–Kier alpha value is -1.69. The quantitative estimate of drug-likeness (QED) is 0.765. The van der Waals surface area contributed by atoms with Gasteiger partial charge >= 0.3 is 0 Å². The molecule has 4 nitrogen and oxygen atoms in total. The molecule has 1 saturated heterocycles. The fourth-order valence-corrected chi connectivity index (χ4v) is 3.89. The first-order valence-electron chi connectivity index (χ1n) is 8.76. The van der Waals surface area contributed by atoms with Crippen LogP contribution in [0.1, 0.15) is 12.0 Å². The van der Waals surface area contributed by atoms with Crippen molar-refractivity contribution in [3.05, 3.63) is 59.1 Å². The molecule has 0 bridgehead atoms. The monoisotopic (exact) mass is 390 g/mol. The molecule has 0 radical (unpaired) electrons. The van der Waals surface area contributed by atoms with E-state index in [1.807, 2.05) is 23.9 Å². The Morgan fingerprint density at radius 1 is 1.15 bits per heavy atom. The van der Waals surface area contributed by atoms with Gasteiger partial charge < -0.3 is 10.1 Å². The van der Waals surface area contributed by atoms with Crippen LogP contribution in [0.3, 0.4) is 0 Å². The third-order valence-corrected chi connectivity index (χ3v) is 5.33. The van der Waals surface area contributed by atoms with Crippen molar-refractivity contribution in [3.63, 3.8) is 0 Å². The maximum Gasteiger partial charge on any atom is 0.227 e. The van der Waals surface area contributed by atoms with Crippen LogP contribution < -0.4 is 10.1 Å². The number of carbonyl (C=O) groups excluding carboxylic acids is 1. The molecule has 0 aliphatic carbocycles. The smallest absolute Gasteiger partial charge is 0.227 e. The van der Waals surface area contributed by atoms with E-state index in [2.05, 4.69) is 22.3 Å². The van der Waals surface area contributed by atoms with E-state index in [-0.39, 0.29) is 5.91 Å². The number of nitrogens with zero attached hydrogens (tertiary/aromatic N) is 1. The van der Waals surface area contributed by atoms with Gasteiger partial charge in [-0.05, 0) is 42.0 Å². The van der Waals surface area contributed by atoms with Gasteiger partial charge in [0.2, 0.25) is 5.91 Å². The molecule has 1 heterocycles. The average molecular weight is 391 g/mol. The molecule has 2 aromatic rings. The van der Waals surface area contributed by atoms with E-state index in [0.29, 0.717) is 23.8 Å². The number of thioether (sulfide) groups is 1. The highest BCUT2D eigenvalue weighted by Crippen LogP contribution is 2.17. The van der Waals surface area contributed by atoms with Crippen molar-refractivity contribution in [1.29, 1.82) is 0 Å². The Bertz CT molecular complexity index is 718. The first-order chi connectivity index (χ1) is 12.7. The molecule has 3 rings (SSSR count). The predicted octanol–water partition coefficient (Wildman–Crippen LogP) is 4.30. The molecule has 1 aliphatic rings. The Morgan fingerprint density at radius 2 is 1.92 bits per heavy atom. The zero-order valence-corrected chi connectivity index (χ0v) is 16.2. The molecule has 0 spiro atoms. The van der Waals surface area contributed by atoms with Gasteiger partial charge in [-0.25, -0.2) is 0 Å². The largest absolute Gasteiger partial charge is 0.493 e. The minimum absolute atomic E-state index is 0.0505. The summed E-state index contributed by atoms with van der Waals surface area (Å²) in [6.07, 6.45) is 0.302. The van der Waals surface area contributed by atoms with E-state index in [1.54, 1.807) is 24.3 Å². The summed E-state index contributed by atoms with van der Waals surface area (Å²) in [6, 6.07) is 15.2. The van der Waals surface area contributed by atoms with E-state index < -0.39 is 0 Å². The second kappa shape index (κ2) is 9.86. The third kappa shape index (κ3) is 6.24. The molecule has 0 unspecified atom stereocenters. The van der Waals surface area contributed by atoms with Crippen molar-refractivity contribution in [2.45, 2.75) is 13.0 Å². The Balaban J connectivity index is 1.44. The topological polar surface area (TPSA) is 41.6 Å². The van der Waals surface area contributed by atoms with Gasteiger partial charge in [0.25, 0.3) is 0 Å². The van der Waals surface area contributed by atoms with Crippen LogP contribution in [-0.2, 0) is 11.3 Å². The molecule has 1 amide bonds. The molecule has 2 aromatic carbocycles. The van der Waals surface area contributed by atoms with E-state index in [4.69, 9.17) is 16.3 Å². The SMILES string of the molecule is O=C(CCOc1ccc(Cl)cc1)Nc1cccc(CN2CCSCC2)c1. The number of hydrogen-bond donors (Lipinski definition) is 1. The summed E-state index contributed by atoms with van der Waals surface area (Å²) in [4.78, 5) is 14.6. The van der Waals surface area contributed by atoms with Gasteiger partial charge in [-0.15, -0.1) is 0 Å². The van der Waals surface area contributed by atoms with Crippen molar-refractivity contribution < 1.29 is 9.53 Å². The van der Waals surface area contributed by atoms with Crippen molar-refractivity contribution in [1.82, 2.24) is 4.90 Å². The summed E-state index contributed by atoms with van der Waals surface area (Å²) in [5.74, 6) is 3.06. The van der Waals surface area contributed by atoms with Crippen molar-refractivity contribution in [2.24, 2.45) is 0 Å². The normalized spacial score (nSPS) is 14.8. The first-order valence-corrected chi connectivity index (χ1v) is 10.3. The van der Waals surface area contributed by atoms with Gasteiger partial charge in [0, 0.05) is 41.8 Å². The molecule has 26 heavy (non-hydrogen) atoms. The molecule has 0 saturated carbocycles. The summed E-state index contributed by atoms with van der Waals surface area (Å²) in [5, 5.41) is 3.62. The maximum absolute atomic E-state index is 12.1. The standard InChI is InChI=1S/C20H23ClN2O2S/c21-17-4-6-19(7-5-17)25-11-8-20(24)22-18-3-1-2-16(14-18)15-23-9-12-26-13-10-23/h1-7,14H,8-13,15H2,(H,22,24). The number of anilines is 1. The van der Waals surface area contributed by atoms with Gasteiger partial charge in [0.05, 0.1) is 13.0 Å². The summed E-state index contributed by atoms with van der Waals surface area (Å²) < 4.78 is 5.57. The number of benzene rings is 2. The van der Waals surface area contributed by atoms with Crippen molar-refractivity contribution in [2.75, 3.05) is 36.5 Å². The average Bonchev–Trinajstić information content (AvgIpc) is 2.64. The highest BCUT2D eigenvalue weighted by atomic mass is 35.5. The lowest BCUT2D eigenvalue weighted by Gasteiger charge is -2.26. The predicted molar refractivity (Wildman–Crippen MR) is 109 cm³/mol. The zero-order chi connectivity index (χ0) is 18.2. The van der Waals surface area contributed by atoms with Crippen LogP contribution in [0.5, 0.6) is 5.75 Å². The molecule has 1 N–H and O–H groups in total. The number of ether oxygens (including phenoxy) is 1. The summed E-state index contributed by atoms with van der Waals surface area (Å²) in [5.41, 5.74) is 2.07. The van der Waals surface area contributed by atoms with Crippen molar-refractivity contribution in [3.8, 4) is 5.75 Å². The van der Waals surface area contributed by atoms with Crippen LogP contribution in [0.4, 0.5) is 5.69 Å². The summed E-state index contributed by atoms with van der Waals surface area (Å²) in [6.45, 7) is 3.52. The highest BCUT2D eigenvalue weighted by molar-refractivity contribution is 7.99. The van der Waals surface area contributed by atoms with Crippen LogP contribution in [0, 0.1) is 0 Å². The minimum atomic E-state index is -0.0505. The van der Waals surface area contributed by atoms with Crippen molar-refractivity contribution >= 4 is 35.0 Å². The number of carbonyl (C=O) groups is 1. The fraction of sp³-hybridized carbons (Fsp3) is 0.350. The lowest BCUT2D eigenvalue weighted by atomic mass is 10.2. The Labute approximate surface area is 163 Å². The highest BCUT2D eigenvalue weighted by Gasteiger charge is 2.11. The number of rotatable bonds is 7. The van der Waals surface area contributed by atoms with Crippen LogP contribution in [0.25, 0.3) is 0 Å². The minimum Gasteiger partial charge on any atom is -0.493 e. The van der Waals surface area contributed by atoms with Gasteiger partial charge in [0.1, 0.15) is 5.75 Å². The third-order valence-electron chi connectivity index (χ3n) is 4.13. The van der Waals surface area contributed by atoms with E-state index in [0.717, 1.165) is 25.3 Å². The molecule has 1 fully saturated rings. The molecule has 138 valence electrons. The number of amides is 1.